The molecule has 8 nitrogen and oxygen atoms in total. The topological polar surface area (TPSA) is 112 Å². The molecular formula is C14H10N4O4S. The molecule has 2 aromatic heterocycles. The van der Waals surface area contributed by atoms with Crippen LogP contribution in [-0.2, 0) is 0 Å². The standard InChI is InChI=1S/C14H10N4O4S/c1-2-23-14-15-7-9-11(17-14)16-12(22-13(9)19)8-5-3-4-6-10(8)18(20)21/h3-7H,2H2,1H3. The Morgan fingerprint density at radius 3 is 2.83 bits per heavy atom. The van der Waals surface area contributed by atoms with Crippen LogP contribution in [0.4, 0.5) is 5.69 Å². The summed E-state index contributed by atoms with van der Waals surface area (Å²) in [5, 5.41) is 11.7. The predicted octanol–water partition coefficient (Wildman–Crippen LogP) is 2.67. The first-order valence-corrected chi connectivity index (χ1v) is 7.63. The molecule has 3 aromatic rings. The van der Waals surface area contributed by atoms with Gasteiger partial charge < -0.3 is 4.42 Å². The van der Waals surface area contributed by atoms with E-state index in [1.807, 2.05) is 6.92 Å². The second kappa shape index (κ2) is 6.13. The normalized spacial score (nSPS) is 10.8. The van der Waals surface area contributed by atoms with Gasteiger partial charge in [0.2, 0.25) is 5.89 Å². The van der Waals surface area contributed by atoms with E-state index >= 15 is 0 Å². The second-order valence-corrected chi connectivity index (χ2v) is 5.63. The molecule has 2 heterocycles. The first-order chi connectivity index (χ1) is 11.1. The van der Waals surface area contributed by atoms with Crippen molar-refractivity contribution in [3.05, 3.63) is 51.0 Å². The molecule has 0 fully saturated rings. The van der Waals surface area contributed by atoms with Crippen LogP contribution in [0.15, 0.2) is 44.8 Å². The van der Waals surface area contributed by atoms with E-state index in [1.54, 1.807) is 6.07 Å². The van der Waals surface area contributed by atoms with Gasteiger partial charge in [0, 0.05) is 12.3 Å². The highest BCUT2D eigenvalue weighted by atomic mass is 32.2. The van der Waals surface area contributed by atoms with Crippen LogP contribution in [0.2, 0.25) is 0 Å². The summed E-state index contributed by atoms with van der Waals surface area (Å²) < 4.78 is 5.11. The van der Waals surface area contributed by atoms with E-state index in [-0.39, 0.29) is 28.2 Å². The zero-order valence-electron chi connectivity index (χ0n) is 11.9. The molecule has 0 amide bonds. The van der Waals surface area contributed by atoms with Crippen molar-refractivity contribution in [3.63, 3.8) is 0 Å². The average molecular weight is 330 g/mol. The number of hydrogen-bond donors (Lipinski definition) is 0. The summed E-state index contributed by atoms with van der Waals surface area (Å²) in [7, 11) is 0. The molecule has 9 heteroatoms. The maximum Gasteiger partial charge on any atom is 0.350 e. The Morgan fingerprint density at radius 2 is 2.09 bits per heavy atom. The lowest BCUT2D eigenvalue weighted by molar-refractivity contribution is -0.384. The fraction of sp³-hybridized carbons (Fsp3) is 0.143. The smallest absolute Gasteiger partial charge is 0.350 e. The number of nitro benzene ring substituents is 1. The van der Waals surface area contributed by atoms with Gasteiger partial charge in [-0.15, -0.1) is 0 Å². The minimum atomic E-state index is -0.684. The van der Waals surface area contributed by atoms with Crippen molar-refractivity contribution in [1.82, 2.24) is 15.0 Å². The summed E-state index contributed by atoms with van der Waals surface area (Å²) in [6.07, 6.45) is 1.35. The van der Waals surface area contributed by atoms with Crippen molar-refractivity contribution >= 4 is 28.5 Å². The lowest BCUT2D eigenvalue weighted by atomic mass is 10.2. The Balaban J connectivity index is 2.23. The number of aromatic nitrogens is 3. The van der Waals surface area contributed by atoms with Crippen LogP contribution in [0.25, 0.3) is 22.5 Å². The van der Waals surface area contributed by atoms with Gasteiger partial charge in [-0.25, -0.2) is 14.8 Å². The van der Waals surface area contributed by atoms with Crippen LogP contribution in [0.1, 0.15) is 6.92 Å². The highest BCUT2D eigenvalue weighted by Crippen LogP contribution is 2.28. The summed E-state index contributed by atoms with van der Waals surface area (Å²) >= 11 is 1.40. The summed E-state index contributed by atoms with van der Waals surface area (Å²) in [5.74, 6) is 0.630. The highest BCUT2D eigenvalue weighted by molar-refractivity contribution is 7.99. The van der Waals surface area contributed by atoms with E-state index in [1.165, 1.54) is 36.2 Å². The molecule has 1 aromatic carbocycles. The summed E-state index contributed by atoms with van der Waals surface area (Å²) in [6.45, 7) is 1.95. The van der Waals surface area contributed by atoms with Gasteiger partial charge in [-0.2, -0.15) is 4.98 Å². The zero-order valence-corrected chi connectivity index (χ0v) is 12.7. The molecule has 0 atom stereocenters. The largest absolute Gasteiger partial charge is 0.403 e. The van der Waals surface area contributed by atoms with Crippen molar-refractivity contribution in [2.75, 3.05) is 5.75 Å². The Hall–Kier alpha value is -2.81. The molecule has 0 saturated carbocycles. The van der Waals surface area contributed by atoms with Gasteiger partial charge >= 0.3 is 5.63 Å². The molecule has 0 saturated heterocycles. The first kappa shape index (κ1) is 15.1. The van der Waals surface area contributed by atoms with E-state index in [0.717, 1.165) is 5.75 Å². The van der Waals surface area contributed by atoms with Gasteiger partial charge in [-0.1, -0.05) is 30.8 Å². The third-order valence-corrected chi connectivity index (χ3v) is 3.71. The van der Waals surface area contributed by atoms with Gasteiger partial charge in [0.1, 0.15) is 10.9 Å². The molecule has 0 radical (unpaired) electrons. The Kier molecular flexibility index (Phi) is 4.02. The third-order valence-electron chi connectivity index (χ3n) is 2.97. The third kappa shape index (κ3) is 2.90. The number of hydrogen-bond acceptors (Lipinski definition) is 8. The van der Waals surface area contributed by atoms with E-state index in [2.05, 4.69) is 15.0 Å². The molecule has 0 aliphatic heterocycles. The average Bonchev–Trinajstić information content (AvgIpc) is 2.54. The number of nitrogens with zero attached hydrogens (tertiary/aromatic N) is 4. The predicted molar refractivity (Wildman–Crippen MR) is 84.4 cm³/mol. The van der Waals surface area contributed by atoms with E-state index in [0.29, 0.717) is 5.16 Å². The van der Waals surface area contributed by atoms with E-state index < -0.39 is 10.5 Å². The minimum Gasteiger partial charge on any atom is -0.403 e. The van der Waals surface area contributed by atoms with E-state index in [4.69, 9.17) is 4.42 Å². The van der Waals surface area contributed by atoms with Crippen LogP contribution >= 0.6 is 11.8 Å². The lowest BCUT2D eigenvalue weighted by Gasteiger charge is -2.03. The molecule has 116 valence electrons. The number of fused-ring (bicyclic) bond motifs is 1. The molecular weight excluding hydrogens is 320 g/mol. The van der Waals surface area contributed by atoms with Crippen molar-refractivity contribution < 1.29 is 9.34 Å². The van der Waals surface area contributed by atoms with Crippen LogP contribution in [0, 0.1) is 10.1 Å². The summed E-state index contributed by atoms with van der Waals surface area (Å²) in [5.41, 5.74) is -0.601. The number of rotatable bonds is 4. The van der Waals surface area contributed by atoms with Gasteiger partial charge in [-0.05, 0) is 11.8 Å². The van der Waals surface area contributed by atoms with Gasteiger partial charge in [0.05, 0.1) is 4.92 Å². The molecule has 0 spiro atoms. The SMILES string of the molecule is CCSc1ncc2c(=O)oc(-c3ccccc3[N+](=O)[O-])nc2n1. The highest BCUT2D eigenvalue weighted by Gasteiger charge is 2.19. The zero-order chi connectivity index (χ0) is 16.4. The number of thioether (sulfide) groups is 1. The molecule has 0 unspecified atom stereocenters. The quantitative estimate of drug-likeness (QED) is 0.310. The number of benzene rings is 1. The molecule has 23 heavy (non-hydrogen) atoms. The Morgan fingerprint density at radius 1 is 1.30 bits per heavy atom. The van der Waals surface area contributed by atoms with Crippen molar-refractivity contribution in [1.29, 1.82) is 0 Å². The molecule has 0 N–H and O–H groups in total. The van der Waals surface area contributed by atoms with Gasteiger partial charge in [-0.3, -0.25) is 10.1 Å². The second-order valence-electron chi connectivity index (χ2n) is 4.40. The number of nitro groups is 1. The van der Waals surface area contributed by atoms with Crippen LogP contribution in [0.5, 0.6) is 0 Å². The monoisotopic (exact) mass is 330 g/mol. The van der Waals surface area contributed by atoms with E-state index in [9.17, 15) is 14.9 Å². The van der Waals surface area contributed by atoms with Crippen molar-refractivity contribution in [2.45, 2.75) is 12.1 Å². The Bertz CT molecular complexity index is 957. The molecule has 0 aliphatic rings. The lowest BCUT2D eigenvalue weighted by Crippen LogP contribution is -2.06. The summed E-state index contributed by atoms with van der Waals surface area (Å²) in [6, 6.07) is 5.92. The molecule has 3 rings (SSSR count). The van der Waals surface area contributed by atoms with Gasteiger partial charge in [0.25, 0.3) is 5.69 Å². The maximum atomic E-state index is 12.1. The minimum absolute atomic E-state index is 0.125. The van der Waals surface area contributed by atoms with Crippen LogP contribution in [-0.4, -0.2) is 25.6 Å². The van der Waals surface area contributed by atoms with Crippen LogP contribution in [0.3, 0.4) is 0 Å². The fourth-order valence-electron chi connectivity index (χ4n) is 1.98. The first-order valence-electron chi connectivity index (χ1n) is 6.64. The Labute approximate surface area is 133 Å². The fourth-order valence-corrected chi connectivity index (χ4v) is 2.51. The molecule has 0 aliphatic carbocycles. The van der Waals surface area contributed by atoms with Crippen LogP contribution < -0.4 is 5.63 Å². The summed E-state index contributed by atoms with van der Waals surface area (Å²) in [4.78, 5) is 35.0. The number of para-hydroxylation sites is 1. The van der Waals surface area contributed by atoms with Crippen molar-refractivity contribution in [3.8, 4) is 11.5 Å². The maximum absolute atomic E-state index is 12.1. The van der Waals surface area contributed by atoms with Gasteiger partial charge in [0.15, 0.2) is 10.8 Å². The van der Waals surface area contributed by atoms with Crippen molar-refractivity contribution in [2.24, 2.45) is 0 Å². The molecule has 0 bridgehead atoms.